The Morgan fingerprint density at radius 3 is 2.71 bits per heavy atom. The molecule has 0 atom stereocenters. The van der Waals surface area contributed by atoms with Gasteiger partial charge in [-0.1, -0.05) is 45.1 Å². The first kappa shape index (κ1) is 17.7. The third kappa shape index (κ3) is 4.69. The van der Waals surface area contributed by atoms with Gasteiger partial charge in [-0.25, -0.2) is 0 Å². The molecule has 1 amide bonds. The second-order valence-corrected chi connectivity index (χ2v) is 5.83. The molecule has 0 fully saturated rings. The molecule has 1 heterocycles. The van der Waals surface area contributed by atoms with Gasteiger partial charge in [0, 0.05) is 12.5 Å². The van der Waals surface area contributed by atoms with Crippen molar-refractivity contribution in [2.75, 3.05) is 5.32 Å². The maximum atomic E-state index is 12.1. The average Bonchev–Trinajstić information content (AvgIpc) is 2.58. The number of benzene rings is 1. The number of nitrogens with one attached hydrogen (secondary N) is 1. The largest absolute Gasteiger partial charge is 0.443 e. The van der Waals surface area contributed by atoms with E-state index < -0.39 is 0 Å². The average molecular weight is 326 g/mol. The topological polar surface area (TPSA) is 83.1 Å². The summed E-state index contributed by atoms with van der Waals surface area (Å²) in [6.07, 6.45) is 7.12. The van der Waals surface area contributed by atoms with Crippen LogP contribution in [0.4, 0.5) is 5.69 Å². The number of para-hydroxylation sites is 1. The monoisotopic (exact) mass is 326 g/mol. The molecule has 0 aliphatic rings. The number of anilines is 1. The Kier molecular flexibility index (Phi) is 6.56. The van der Waals surface area contributed by atoms with Crippen molar-refractivity contribution < 1.29 is 9.21 Å². The summed E-state index contributed by atoms with van der Waals surface area (Å²) in [5.41, 5.74) is 0.385. The highest BCUT2D eigenvalue weighted by molar-refractivity contribution is 5.99. The maximum absolute atomic E-state index is 12.1. The number of nitriles is 1. The molecule has 1 N–H and O–H groups in total. The van der Waals surface area contributed by atoms with Crippen molar-refractivity contribution in [3.05, 3.63) is 40.2 Å². The lowest BCUT2D eigenvalue weighted by molar-refractivity contribution is -0.116. The minimum Gasteiger partial charge on any atom is -0.443 e. The fourth-order valence-corrected chi connectivity index (χ4v) is 2.61. The molecular weight excluding hydrogens is 304 g/mol. The molecule has 0 spiro atoms. The zero-order valence-electron chi connectivity index (χ0n) is 13.9. The van der Waals surface area contributed by atoms with Gasteiger partial charge in [0.05, 0.1) is 11.1 Å². The van der Waals surface area contributed by atoms with Gasteiger partial charge >= 0.3 is 0 Å². The Morgan fingerprint density at radius 1 is 1.21 bits per heavy atom. The molecule has 24 heavy (non-hydrogen) atoms. The molecule has 2 aromatic rings. The van der Waals surface area contributed by atoms with Gasteiger partial charge in [0.15, 0.2) is 11.0 Å². The van der Waals surface area contributed by atoms with Crippen LogP contribution in [0.2, 0.25) is 0 Å². The normalized spacial score (nSPS) is 10.5. The number of carbonyl (C=O) groups is 1. The lowest BCUT2D eigenvalue weighted by Crippen LogP contribution is -2.12. The number of hydrogen-bond donors (Lipinski definition) is 1. The van der Waals surface area contributed by atoms with E-state index in [1.807, 2.05) is 6.07 Å². The van der Waals surface area contributed by atoms with Gasteiger partial charge in [-0.2, -0.15) is 5.26 Å². The number of carbonyl (C=O) groups excluding carboxylic acids is 1. The van der Waals surface area contributed by atoms with Gasteiger partial charge in [-0.05, 0) is 18.6 Å². The molecule has 0 aliphatic carbocycles. The highest BCUT2D eigenvalue weighted by Gasteiger charge is 2.11. The SMILES string of the molecule is CCCCCCCCC(=O)Nc1cccc2c(=O)cc(C#N)oc12. The van der Waals surface area contributed by atoms with Crippen LogP contribution in [0.1, 0.15) is 57.6 Å². The molecule has 0 saturated heterocycles. The van der Waals surface area contributed by atoms with Gasteiger partial charge < -0.3 is 9.73 Å². The summed E-state index contributed by atoms with van der Waals surface area (Å²) >= 11 is 0. The van der Waals surface area contributed by atoms with Crippen LogP contribution in [-0.4, -0.2) is 5.91 Å². The van der Waals surface area contributed by atoms with Crippen molar-refractivity contribution in [2.45, 2.75) is 51.9 Å². The number of unbranched alkanes of at least 4 members (excludes halogenated alkanes) is 5. The molecule has 0 aliphatic heterocycles. The summed E-state index contributed by atoms with van der Waals surface area (Å²) in [7, 11) is 0. The fourth-order valence-electron chi connectivity index (χ4n) is 2.61. The second-order valence-electron chi connectivity index (χ2n) is 5.83. The Bertz CT molecular complexity index is 802. The van der Waals surface area contributed by atoms with Crippen molar-refractivity contribution in [1.29, 1.82) is 5.26 Å². The minimum atomic E-state index is -0.292. The van der Waals surface area contributed by atoms with E-state index >= 15 is 0 Å². The van der Waals surface area contributed by atoms with E-state index in [1.165, 1.54) is 19.3 Å². The summed E-state index contributed by atoms with van der Waals surface area (Å²) in [6, 6.07) is 7.95. The predicted molar refractivity (Wildman–Crippen MR) is 93.8 cm³/mol. The zero-order chi connectivity index (χ0) is 17.4. The third-order valence-electron chi connectivity index (χ3n) is 3.90. The Morgan fingerprint density at radius 2 is 1.96 bits per heavy atom. The highest BCUT2D eigenvalue weighted by Crippen LogP contribution is 2.22. The zero-order valence-corrected chi connectivity index (χ0v) is 13.9. The Labute approximate surface area is 141 Å². The summed E-state index contributed by atoms with van der Waals surface area (Å²) in [6.45, 7) is 2.17. The van der Waals surface area contributed by atoms with Crippen molar-refractivity contribution in [2.24, 2.45) is 0 Å². The Hall–Kier alpha value is -2.61. The number of fused-ring (bicyclic) bond motifs is 1. The van der Waals surface area contributed by atoms with Crippen LogP contribution < -0.4 is 10.7 Å². The first-order chi connectivity index (χ1) is 11.7. The molecule has 0 radical (unpaired) electrons. The van der Waals surface area contributed by atoms with Crippen LogP contribution in [-0.2, 0) is 4.79 Å². The maximum Gasteiger partial charge on any atom is 0.224 e. The number of hydrogen-bond acceptors (Lipinski definition) is 4. The van der Waals surface area contributed by atoms with Gasteiger partial charge in [-0.15, -0.1) is 0 Å². The van der Waals surface area contributed by atoms with Crippen LogP contribution in [0, 0.1) is 11.3 Å². The van der Waals surface area contributed by atoms with Crippen LogP contribution in [0.25, 0.3) is 11.0 Å². The molecule has 0 bridgehead atoms. The van der Waals surface area contributed by atoms with E-state index in [2.05, 4.69) is 12.2 Å². The van der Waals surface area contributed by atoms with Crippen LogP contribution in [0.5, 0.6) is 0 Å². The van der Waals surface area contributed by atoms with Crippen molar-refractivity contribution >= 4 is 22.6 Å². The summed E-state index contributed by atoms with van der Waals surface area (Å²) in [4.78, 5) is 24.1. The molecule has 5 nitrogen and oxygen atoms in total. The molecule has 126 valence electrons. The molecule has 2 rings (SSSR count). The van der Waals surface area contributed by atoms with E-state index in [9.17, 15) is 9.59 Å². The van der Waals surface area contributed by atoms with Crippen molar-refractivity contribution in [3.8, 4) is 6.07 Å². The Balaban J connectivity index is 2.02. The summed E-state index contributed by atoms with van der Waals surface area (Å²) in [5.74, 6) is -0.173. The van der Waals surface area contributed by atoms with Gasteiger partial charge in [0.2, 0.25) is 11.7 Å². The van der Waals surface area contributed by atoms with E-state index in [0.717, 1.165) is 25.3 Å². The van der Waals surface area contributed by atoms with Gasteiger partial charge in [0.25, 0.3) is 0 Å². The quantitative estimate of drug-likeness (QED) is 0.731. The molecule has 1 aromatic carbocycles. The molecule has 0 unspecified atom stereocenters. The van der Waals surface area contributed by atoms with E-state index in [-0.39, 0.29) is 22.7 Å². The summed E-state index contributed by atoms with van der Waals surface area (Å²) in [5, 5.41) is 12.1. The van der Waals surface area contributed by atoms with Gasteiger partial charge in [-0.3, -0.25) is 9.59 Å². The van der Waals surface area contributed by atoms with E-state index in [1.54, 1.807) is 18.2 Å². The fraction of sp³-hybridized carbons (Fsp3) is 0.421. The molecular formula is C19H22N2O3. The lowest BCUT2D eigenvalue weighted by atomic mass is 10.1. The smallest absolute Gasteiger partial charge is 0.224 e. The minimum absolute atomic E-state index is 0.0647. The highest BCUT2D eigenvalue weighted by atomic mass is 16.3. The number of rotatable bonds is 8. The van der Waals surface area contributed by atoms with Crippen molar-refractivity contribution in [1.82, 2.24) is 0 Å². The molecule has 1 aromatic heterocycles. The van der Waals surface area contributed by atoms with Crippen LogP contribution in [0.15, 0.2) is 33.5 Å². The van der Waals surface area contributed by atoms with Crippen LogP contribution in [0.3, 0.4) is 0 Å². The first-order valence-electron chi connectivity index (χ1n) is 8.42. The van der Waals surface area contributed by atoms with E-state index in [4.69, 9.17) is 9.68 Å². The predicted octanol–water partition coefficient (Wildman–Crippen LogP) is 4.35. The number of amides is 1. The number of nitrogens with zero attached hydrogens (tertiary/aromatic N) is 1. The second kappa shape index (κ2) is 8.88. The molecule has 5 heteroatoms. The summed E-state index contributed by atoms with van der Waals surface area (Å²) < 4.78 is 5.42. The van der Waals surface area contributed by atoms with Crippen molar-refractivity contribution in [3.63, 3.8) is 0 Å². The molecule has 0 saturated carbocycles. The first-order valence-corrected chi connectivity index (χ1v) is 8.42. The van der Waals surface area contributed by atoms with Crippen LogP contribution >= 0.6 is 0 Å². The van der Waals surface area contributed by atoms with E-state index in [0.29, 0.717) is 17.5 Å². The standard InChI is InChI=1S/C19H22N2O3/c1-2-3-4-5-6-7-11-18(23)21-16-10-8-9-15-17(22)12-14(13-20)24-19(15)16/h8-10,12H,2-7,11H2,1H3,(H,21,23). The lowest BCUT2D eigenvalue weighted by Gasteiger charge is -2.08. The van der Waals surface area contributed by atoms with Gasteiger partial charge in [0.1, 0.15) is 6.07 Å². The third-order valence-corrected chi connectivity index (χ3v) is 3.90.